The molecule has 0 fully saturated rings. The minimum atomic E-state index is -1.51. The summed E-state index contributed by atoms with van der Waals surface area (Å²) in [5.41, 5.74) is 0.863. The predicted octanol–water partition coefficient (Wildman–Crippen LogP) is 0.243. The number of Topliss-reactive ketones (excluding diaryl/α,β-unsaturated/α-hetero) is 1. The Balaban J connectivity index is 1.90. The van der Waals surface area contributed by atoms with Crippen molar-refractivity contribution in [3.05, 3.63) is 23.8 Å². The Kier molecular flexibility index (Phi) is 4.36. The van der Waals surface area contributed by atoms with Gasteiger partial charge < -0.3 is 24.4 Å². The zero-order valence-corrected chi connectivity index (χ0v) is 10.5. The maximum absolute atomic E-state index is 11.0. The van der Waals surface area contributed by atoms with Crippen molar-refractivity contribution in [2.24, 2.45) is 0 Å². The monoisotopic (exact) mass is 268 g/mol. The molecule has 0 aromatic heterocycles. The van der Waals surface area contributed by atoms with Gasteiger partial charge >= 0.3 is 0 Å². The second-order valence-corrected chi connectivity index (χ2v) is 4.34. The van der Waals surface area contributed by atoms with E-state index >= 15 is 0 Å². The number of fused-ring (bicyclic) bond motifs is 1. The number of ketones is 1. The molecular formula is C13H16O6. The first-order valence-electron chi connectivity index (χ1n) is 5.94. The summed E-state index contributed by atoms with van der Waals surface area (Å²) in [6.07, 6.45) is -1.76. The number of carbonyl (C=O) groups excluding carboxylic acids is 1. The molecule has 0 aliphatic carbocycles. The molecule has 6 nitrogen and oxygen atoms in total. The third-order valence-electron chi connectivity index (χ3n) is 2.50. The second-order valence-electron chi connectivity index (χ2n) is 4.34. The Hall–Kier alpha value is -1.63. The number of aliphatic hydroxyl groups is 2. The van der Waals surface area contributed by atoms with Gasteiger partial charge in [-0.1, -0.05) is 6.07 Å². The van der Waals surface area contributed by atoms with Crippen molar-refractivity contribution in [2.45, 2.75) is 25.9 Å². The van der Waals surface area contributed by atoms with E-state index in [2.05, 4.69) is 0 Å². The third kappa shape index (κ3) is 3.92. The first kappa shape index (κ1) is 13.8. The molecule has 1 heterocycles. The van der Waals surface area contributed by atoms with Crippen LogP contribution in [-0.2, 0) is 16.0 Å². The van der Waals surface area contributed by atoms with E-state index < -0.39 is 12.6 Å². The molecule has 0 spiro atoms. The van der Waals surface area contributed by atoms with Crippen LogP contribution in [0.4, 0.5) is 0 Å². The molecule has 1 aromatic carbocycles. The lowest BCUT2D eigenvalue weighted by molar-refractivity contribution is -0.117. The van der Waals surface area contributed by atoms with Gasteiger partial charge in [0, 0.05) is 6.42 Å². The fourth-order valence-corrected chi connectivity index (χ4v) is 1.78. The topological polar surface area (TPSA) is 85.2 Å². The first-order chi connectivity index (χ1) is 9.04. The van der Waals surface area contributed by atoms with Crippen LogP contribution in [0, 0.1) is 0 Å². The van der Waals surface area contributed by atoms with Gasteiger partial charge in [0.25, 0.3) is 6.29 Å². The maximum atomic E-state index is 11.0. The van der Waals surface area contributed by atoms with E-state index in [0.29, 0.717) is 17.9 Å². The number of ether oxygens (including phenoxy) is 3. The lowest BCUT2D eigenvalue weighted by Gasteiger charge is -2.11. The number of rotatable bonds is 6. The maximum Gasteiger partial charge on any atom is 0.264 e. The van der Waals surface area contributed by atoms with Gasteiger partial charge in [0.2, 0.25) is 0 Å². The summed E-state index contributed by atoms with van der Waals surface area (Å²) in [5, 5.41) is 17.3. The average Bonchev–Trinajstić information content (AvgIpc) is 2.69. The van der Waals surface area contributed by atoms with E-state index in [1.54, 1.807) is 12.1 Å². The van der Waals surface area contributed by atoms with Crippen molar-refractivity contribution in [2.75, 3.05) is 13.2 Å². The third-order valence-corrected chi connectivity index (χ3v) is 2.50. The highest BCUT2D eigenvalue weighted by molar-refractivity contribution is 5.78. The lowest BCUT2D eigenvalue weighted by atomic mass is 10.1. The highest BCUT2D eigenvalue weighted by atomic mass is 16.7. The van der Waals surface area contributed by atoms with Crippen LogP contribution in [0.25, 0.3) is 0 Å². The van der Waals surface area contributed by atoms with E-state index in [4.69, 9.17) is 24.4 Å². The molecule has 0 amide bonds. The zero-order valence-electron chi connectivity index (χ0n) is 10.5. The number of aliphatic hydroxyl groups excluding tert-OH is 1. The summed E-state index contributed by atoms with van der Waals surface area (Å²) in [6, 6.07) is 5.32. The standard InChI is InChI=1S/C13H16O6/c1-8(14)4-9-2-3-10-11(5-9)19-13(18-10)7-17-6-12(15)16/h2-3,5,12-13,15-16H,4,6-7H2,1H3. The Morgan fingerprint density at radius 1 is 1.37 bits per heavy atom. The molecule has 6 heteroatoms. The molecule has 1 aliphatic heterocycles. The minimum Gasteiger partial charge on any atom is -0.448 e. The molecule has 0 saturated carbocycles. The quantitative estimate of drug-likeness (QED) is 0.719. The Bertz CT molecular complexity index is 456. The Morgan fingerprint density at radius 3 is 2.79 bits per heavy atom. The van der Waals surface area contributed by atoms with Crippen molar-refractivity contribution in [3.8, 4) is 11.5 Å². The van der Waals surface area contributed by atoms with E-state index in [1.807, 2.05) is 6.07 Å². The van der Waals surface area contributed by atoms with Crippen molar-refractivity contribution < 1.29 is 29.2 Å². The van der Waals surface area contributed by atoms with Gasteiger partial charge in [-0.05, 0) is 24.6 Å². The number of hydrogen-bond donors (Lipinski definition) is 2. The van der Waals surface area contributed by atoms with Crippen LogP contribution in [-0.4, -0.2) is 41.8 Å². The van der Waals surface area contributed by atoms with E-state index in [-0.39, 0.29) is 19.0 Å². The Labute approximate surface area is 110 Å². The van der Waals surface area contributed by atoms with E-state index in [1.165, 1.54) is 6.92 Å². The molecule has 0 saturated heterocycles. The zero-order chi connectivity index (χ0) is 13.8. The molecule has 0 bridgehead atoms. The van der Waals surface area contributed by atoms with Crippen LogP contribution in [0.3, 0.4) is 0 Å². The summed E-state index contributed by atoms with van der Waals surface area (Å²) in [7, 11) is 0. The van der Waals surface area contributed by atoms with Gasteiger partial charge in [-0.15, -0.1) is 0 Å². The van der Waals surface area contributed by atoms with Gasteiger partial charge in [0.15, 0.2) is 17.8 Å². The van der Waals surface area contributed by atoms with Crippen molar-refractivity contribution in [3.63, 3.8) is 0 Å². The van der Waals surface area contributed by atoms with Gasteiger partial charge in [-0.2, -0.15) is 0 Å². The molecule has 2 N–H and O–H groups in total. The van der Waals surface area contributed by atoms with Crippen LogP contribution >= 0.6 is 0 Å². The van der Waals surface area contributed by atoms with Crippen molar-refractivity contribution in [1.82, 2.24) is 0 Å². The van der Waals surface area contributed by atoms with Gasteiger partial charge in [-0.25, -0.2) is 0 Å². The number of hydrogen-bond acceptors (Lipinski definition) is 6. The Morgan fingerprint density at radius 2 is 2.11 bits per heavy atom. The smallest absolute Gasteiger partial charge is 0.264 e. The highest BCUT2D eigenvalue weighted by Gasteiger charge is 2.24. The minimum absolute atomic E-state index is 0.0793. The summed E-state index contributed by atoms with van der Waals surface area (Å²) in [6.45, 7) is 1.42. The molecule has 19 heavy (non-hydrogen) atoms. The number of carbonyl (C=O) groups is 1. The molecular weight excluding hydrogens is 252 g/mol. The average molecular weight is 268 g/mol. The van der Waals surface area contributed by atoms with Crippen LogP contribution < -0.4 is 9.47 Å². The van der Waals surface area contributed by atoms with Gasteiger partial charge in [0.1, 0.15) is 12.4 Å². The summed E-state index contributed by atoms with van der Waals surface area (Å²) in [4.78, 5) is 11.0. The fraction of sp³-hybridized carbons (Fsp3) is 0.462. The van der Waals surface area contributed by atoms with Crippen LogP contribution in [0.5, 0.6) is 11.5 Å². The van der Waals surface area contributed by atoms with E-state index in [9.17, 15) is 4.79 Å². The second kappa shape index (κ2) is 6.01. The first-order valence-corrected chi connectivity index (χ1v) is 5.94. The SMILES string of the molecule is CC(=O)Cc1ccc2c(c1)OC(COCC(O)O)O2. The molecule has 2 rings (SSSR count). The molecule has 0 radical (unpaired) electrons. The molecule has 1 unspecified atom stereocenters. The van der Waals surface area contributed by atoms with Gasteiger partial charge in [0.05, 0.1) is 6.61 Å². The molecule has 104 valence electrons. The summed E-state index contributed by atoms with van der Waals surface area (Å²) < 4.78 is 15.9. The van der Waals surface area contributed by atoms with Crippen molar-refractivity contribution >= 4 is 5.78 Å². The predicted molar refractivity (Wildman–Crippen MR) is 64.9 cm³/mol. The molecule has 1 aliphatic rings. The van der Waals surface area contributed by atoms with E-state index in [0.717, 1.165) is 5.56 Å². The van der Waals surface area contributed by atoms with Crippen LogP contribution in [0.15, 0.2) is 18.2 Å². The van der Waals surface area contributed by atoms with Crippen molar-refractivity contribution in [1.29, 1.82) is 0 Å². The normalized spacial score (nSPS) is 16.9. The highest BCUT2D eigenvalue weighted by Crippen LogP contribution is 2.35. The van der Waals surface area contributed by atoms with Crippen LogP contribution in [0.1, 0.15) is 12.5 Å². The summed E-state index contributed by atoms with van der Waals surface area (Å²) >= 11 is 0. The van der Waals surface area contributed by atoms with Gasteiger partial charge in [-0.3, -0.25) is 4.79 Å². The molecule has 1 atom stereocenters. The number of benzene rings is 1. The fourth-order valence-electron chi connectivity index (χ4n) is 1.78. The summed E-state index contributed by atoms with van der Waals surface area (Å²) in [5.74, 6) is 1.23. The molecule has 1 aromatic rings. The lowest BCUT2D eigenvalue weighted by Crippen LogP contribution is -2.27. The van der Waals surface area contributed by atoms with Crippen LogP contribution in [0.2, 0.25) is 0 Å². The largest absolute Gasteiger partial charge is 0.448 e.